The number of carbonyl (C=O) groups is 1. The van der Waals surface area contributed by atoms with Gasteiger partial charge >= 0.3 is 0 Å². The van der Waals surface area contributed by atoms with Crippen molar-refractivity contribution in [2.75, 3.05) is 32.1 Å². The number of pyridine rings is 1. The molecule has 0 N–H and O–H groups in total. The Labute approximate surface area is 125 Å². The summed E-state index contributed by atoms with van der Waals surface area (Å²) in [6, 6.07) is 3.59. The van der Waals surface area contributed by atoms with E-state index in [9.17, 15) is 4.79 Å². The van der Waals surface area contributed by atoms with Crippen LogP contribution in [-0.4, -0.2) is 58.0 Å². The smallest absolute Gasteiger partial charge is 0.277 e. The van der Waals surface area contributed by atoms with Crippen molar-refractivity contribution < 1.29 is 13.9 Å². The third kappa shape index (κ3) is 3.59. The first-order valence-corrected chi connectivity index (χ1v) is 7.54. The molecule has 7 nitrogen and oxygen atoms in total. The van der Waals surface area contributed by atoms with Crippen molar-refractivity contribution in [3.63, 3.8) is 0 Å². The molecule has 0 radical (unpaired) electrons. The SMILES string of the molecule is O=C(CSc1nnc(-c2ccncc2)o1)N1CCOCC1. The van der Waals surface area contributed by atoms with Crippen LogP contribution in [0.5, 0.6) is 0 Å². The van der Waals surface area contributed by atoms with Gasteiger partial charge in [-0.15, -0.1) is 10.2 Å². The van der Waals surface area contributed by atoms with Gasteiger partial charge in [-0.2, -0.15) is 0 Å². The Bertz CT molecular complexity index is 598. The number of morpholine rings is 1. The molecule has 110 valence electrons. The lowest BCUT2D eigenvalue weighted by Crippen LogP contribution is -2.41. The van der Waals surface area contributed by atoms with Crippen molar-refractivity contribution >= 4 is 17.7 Å². The quantitative estimate of drug-likeness (QED) is 0.782. The minimum atomic E-state index is 0.0620. The summed E-state index contributed by atoms with van der Waals surface area (Å²) >= 11 is 1.25. The largest absolute Gasteiger partial charge is 0.411 e. The van der Waals surface area contributed by atoms with E-state index in [0.29, 0.717) is 37.4 Å². The number of hydrogen-bond donors (Lipinski definition) is 0. The number of hydrogen-bond acceptors (Lipinski definition) is 7. The van der Waals surface area contributed by atoms with Crippen LogP contribution < -0.4 is 0 Å². The Morgan fingerprint density at radius 2 is 2.00 bits per heavy atom. The number of aromatic nitrogens is 3. The zero-order valence-electron chi connectivity index (χ0n) is 11.3. The molecule has 0 aromatic carbocycles. The van der Waals surface area contributed by atoms with Crippen LogP contribution in [0.25, 0.3) is 11.5 Å². The number of carbonyl (C=O) groups excluding carboxylic acids is 1. The summed E-state index contributed by atoms with van der Waals surface area (Å²) in [5.41, 5.74) is 0.809. The molecule has 2 aromatic rings. The molecule has 1 fully saturated rings. The lowest BCUT2D eigenvalue weighted by molar-refractivity contribution is -0.132. The maximum absolute atomic E-state index is 12.0. The Morgan fingerprint density at radius 1 is 1.24 bits per heavy atom. The molecular formula is C13H14N4O3S. The van der Waals surface area contributed by atoms with Gasteiger partial charge in [0.1, 0.15) is 0 Å². The van der Waals surface area contributed by atoms with Crippen molar-refractivity contribution in [2.24, 2.45) is 0 Å². The summed E-state index contributed by atoms with van der Waals surface area (Å²) in [7, 11) is 0. The number of ether oxygens (including phenoxy) is 1. The van der Waals surface area contributed by atoms with Gasteiger partial charge in [-0.3, -0.25) is 9.78 Å². The molecule has 2 aromatic heterocycles. The lowest BCUT2D eigenvalue weighted by atomic mass is 10.3. The van der Waals surface area contributed by atoms with Crippen molar-refractivity contribution in [2.45, 2.75) is 5.22 Å². The molecule has 1 amide bonds. The molecule has 0 aliphatic carbocycles. The van der Waals surface area contributed by atoms with E-state index >= 15 is 0 Å². The van der Waals surface area contributed by atoms with Crippen LogP contribution in [0.4, 0.5) is 0 Å². The molecule has 8 heteroatoms. The summed E-state index contributed by atoms with van der Waals surface area (Å²) in [5.74, 6) is 0.781. The predicted molar refractivity (Wildman–Crippen MR) is 75.7 cm³/mol. The Kier molecular flexibility index (Phi) is 4.46. The van der Waals surface area contributed by atoms with Crippen molar-refractivity contribution in [1.82, 2.24) is 20.1 Å². The average Bonchev–Trinajstić information content (AvgIpc) is 3.03. The van der Waals surface area contributed by atoms with E-state index < -0.39 is 0 Å². The summed E-state index contributed by atoms with van der Waals surface area (Å²) < 4.78 is 10.7. The summed E-state index contributed by atoms with van der Waals surface area (Å²) in [6.07, 6.45) is 3.32. The van der Waals surface area contributed by atoms with Gasteiger partial charge in [-0.1, -0.05) is 11.8 Å². The third-order valence-electron chi connectivity index (χ3n) is 3.02. The second kappa shape index (κ2) is 6.68. The zero-order chi connectivity index (χ0) is 14.5. The van der Waals surface area contributed by atoms with Crippen LogP contribution in [-0.2, 0) is 9.53 Å². The van der Waals surface area contributed by atoms with Gasteiger partial charge in [0, 0.05) is 31.0 Å². The van der Waals surface area contributed by atoms with E-state index in [-0.39, 0.29) is 11.7 Å². The van der Waals surface area contributed by atoms with Gasteiger partial charge in [0.05, 0.1) is 19.0 Å². The van der Waals surface area contributed by atoms with Crippen LogP contribution >= 0.6 is 11.8 Å². The van der Waals surface area contributed by atoms with E-state index in [1.807, 2.05) is 0 Å². The minimum absolute atomic E-state index is 0.0620. The average molecular weight is 306 g/mol. The predicted octanol–water partition coefficient (Wildman–Crippen LogP) is 1.08. The van der Waals surface area contributed by atoms with E-state index in [1.54, 1.807) is 29.4 Å². The Hall–Kier alpha value is -1.93. The second-order valence-corrected chi connectivity index (χ2v) is 5.32. The molecule has 3 rings (SSSR count). The molecule has 1 aliphatic heterocycles. The van der Waals surface area contributed by atoms with Crippen LogP contribution in [0.2, 0.25) is 0 Å². The standard InChI is InChI=1S/C13H14N4O3S/c18-11(17-5-7-19-8-6-17)9-21-13-16-15-12(20-13)10-1-3-14-4-2-10/h1-4H,5-9H2. The molecule has 21 heavy (non-hydrogen) atoms. The van der Waals surface area contributed by atoms with Crippen LogP contribution in [0.1, 0.15) is 0 Å². The highest BCUT2D eigenvalue weighted by Crippen LogP contribution is 2.22. The molecule has 3 heterocycles. The van der Waals surface area contributed by atoms with Gasteiger partial charge in [-0.25, -0.2) is 0 Å². The second-order valence-electron chi connectivity index (χ2n) is 4.39. The maximum Gasteiger partial charge on any atom is 0.277 e. The van der Waals surface area contributed by atoms with E-state index in [1.165, 1.54) is 11.8 Å². The normalized spacial score (nSPS) is 15.1. The minimum Gasteiger partial charge on any atom is -0.411 e. The van der Waals surface area contributed by atoms with Gasteiger partial charge in [0.2, 0.25) is 11.8 Å². The number of nitrogens with zero attached hydrogens (tertiary/aromatic N) is 4. The number of thioether (sulfide) groups is 1. The fourth-order valence-corrected chi connectivity index (χ4v) is 2.57. The molecule has 1 saturated heterocycles. The van der Waals surface area contributed by atoms with Crippen molar-refractivity contribution in [3.8, 4) is 11.5 Å². The van der Waals surface area contributed by atoms with Crippen molar-refractivity contribution in [3.05, 3.63) is 24.5 Å². The van der Waals surface area contributed by atoms with Crippen LogP contribution in [0, 0.1) is 0 Å². The van der Waals surface area contributed by atoms with Crippen LogP contribution in [0.3, 0.4) is 0 Å². The molecule has 0 atom stereocenters. The first-order valence-electron chi connectivity index (χ1n) is 6.55. The van der Waals surface area contributed by atoms with Gasteiger partial charge < -0.3 is 14.1 Å². The Morgan fingerprint density at radius 3 is 2.76 bits per heavy atom. The van der Waals surface area contributed by atoms with Gasteiger partial charge in [0.15, 0.2) is 0 Å². The molecular weight excluding hydrogens is 292 g/mol. The number of amides is 1. The highest BCUT2D eigenvalue weighted by atomic mass is 32.2. The maximum atomic E-state index is 12.0. The fraction of sp³-hybridized carbons (Fsp3) is 0.385. The van der Waals surface area contributed by atoms with Crippen molar-refractivity contribution in [1.29, 1.82) is 0 Å². The van der Waals surface area contributed by atoms with Crippen LogP contribution in [0.15, 0.2) is 34.2 Å². The highest BCUT2D eigenvalue weighted by molar-refractivity contribution is 7.99. The summed E-state index contributed by atoms with van der Waals surface area (Å²) in [5, 5.41) is 8.30. The first-order chi connectivity index (χ1) is 10.3. The highest BCUT2D eigenvalue weighted by Gasteiger charge is 2.18. The molecule has 0 spiro atoms. The van der Waals surface area contributed by atoms with E-state index in [2.05, 4.69) is 15.2 Å². The first kappa shape index (κ1) is 14.0. The molecule has 1 aliphatic rings. The third-order valence-corrected chi connectivity index (χ3v) is 3.82. The zero-order valence-corrected chi connectivity index (χ0v) is 12.1. The molecule has 0 unspecified atom stereocenters. The monoisotopic (exact) mass is 306 g/mol. The van der Waals surface area contributed by atoms with E-state index in [0.717, 1.165) is 5.56 Å². The summed E-state index contributed by atoms with van der Waals surface area (Å²) in [6.45, 7) is 2.49. The molecule has 0 bridgehead atoms. The van der Waals surface area contributed by atoms with Gasteiger partial charge in [0.25, 0.3) is 5.22 Å². The number of rotatable bonds is 4. The topological polar surface area (TPSA) is 81.3 Å². The Balaban J connectivity index is 1.56. The fourth-order valence-electron chi connectivity index (χ4n) is 1.91. The summed E-state index contributed by atoms with van der Waals surface area (Å²) in [4.78, 5) is 17.7. The molecule has 0 saturated carbocycles. The lowest BCUT2D eigenvalue weighted by Gasteiger charge is -2.26. The van der Waals surface area contributed by atoms with Gasteiger partial charge in [-0.05, 0) is 12.1 Å². The van der Waals surface area contributed by atoms with E-state index in [4.69, 9.17) is 9.15 Å².